The Labute approximate surface area is 70.1 Å². The number of rotatable bonds is 1. The predicted octanol–water partition coefficient (Wildman–Crippen LogP) is 1.63. The Hall–Kier alpha value is -0.960. The molecule has 2 N–H and O–H groups in total. The van der Waals surface area contributed by atoms with Crippen LogP contribution in [0.1, 0.15) is 5.56 Å². The molecule has 0 saturated carbocycles. The van der Waals surface area contributed by atoms with Crippen LogP contribution in [0.4, 0.5) is 5.69 Å². The maximum atomic E-state index is 5.69. The van der Waals surface area contributed by atoms with Crippen molar-refractivity contribution in [3.8, 4) is 5.75 Å². The Kier molecular flexibility index (Phi) is 2.19. The first kappa shape index (κ1) is 8.14. The summed E-state index contributed by atoms with van der Waals surface area (Å²) >= 11 is 5.69. The topological polar surface area (TPSA) is 48.1 Å². The van der Waals surface area contributed by atoms with Crippen LogP contribution in [0, 0.1) is 6.92 Å². The summed E-state index contributed by atoms with van der Waals surface area (Å²) < 4.78 is 4.94. The van der Waals surface area contributed by atoms with Crippen molar-refractivity contribution in [2.75, 3.05) is 12.8 Å². The predicted molar refractivity (Wildman–Crippen MR) is 44.9 cm³/mol. The highest BCUT2D eigenvalue weighted by Crippen LogP contribution is 2.30. The molecule has 1 heterocycles. The van der Waals surface area contributed by atoms with Crippen LogP contribution in [-0.4, -0.2) is 12.1 Å². The zero-order chi connectivity index (χ0) is 8.43. The summed E-state index contributed by atoms with van der Waals surface area (Å²) in [6.07, 6.45) is 1.61. The fourth-order valence-electron chi connectivity index (χ4n) is 0.766. The number of anilines is 1. The second-order valence-corrected chi connectivity index (χ2v) is 2.54. The summed E-state index contributed by atoms with van der Waals surface area (Å²) in [7, 11) is 1.51. The van der Waals surface area contributed by atoms with E-state index in [0.717, 1.165) is 5.56 Å². The normalized spacial score (nSPS) is 9.73. The van der Waals surface area contributed by atoms with Gasteiger partial charge in [-0.1, -0.05) is 11.6 Å². The van der Waals surface area contributed by atoms with Crippen molar-refractivity contribution < 1.29 is 4.74 Å². The summed E-state index contributed by atoms with van der Waals surface area (Å²) in [5.41, 5.74) is 7.06. The lowest BCUT2D eigenvalue weighted by molar-refractivity contribution is 0.415. The van der Waals surface area contributed by atoms with Crippen molar-refractivity contribution >= 4 is 17.3 Å². The Morgan fingerprint density at radius 3 is 2.73 bits per heavy atom. The summed E-state index contributed by atoms with van der Waals surface area (Å²) in [4.78, 5) is 3.87. The molecule has 0 aliphatic heterocycles. The molecule has 1 aromatic rings. The average molecular weight is 173 g/mol. The molecule has 0 saturated heterocycles. The molecule has 1 rings (SSSR count). The molecule has 0 aliphatic rings. The monoisotopic (exact) mass is 172 g/mol. The second kappa shape index (κ2) is 2.96. The molecule has 4 heteroatoms. The van der Waals surface area contributed by atoms with Gasteiger partial charge in [0.05, 0.1) is 12.8 Å². The van der Waals surface area contributed by atoms with Crippen LogP contribution < -0.4 is 10.5 Å². The summed E-state index contributed by atoms with van der Waals surface area (Å²) in [5, 5.41) is 0.301. The number of ether oxygens (including phenoxy) is 1. The van der Waals surface area contributed by atoms with E-state index in [-0.39, 0.29) is 0 Å². The third-order valence-corrected chi connectivity index (χ3v) is 1.70. The molecular formula is C7H9ClN2O. The minimum absolute atomic E-state index is 0.301. The van der Waals surface area contributed by atoms with Gasteiger partial charge < -0.3 is 10.5 Å². The van der Waals surface area contributed by atoms with Crippen molar-refractivity contribution in [3.05, 3.63) is 16.9 Å². The van der Waals surface area contributed by atoms with Crippen LogP contribution in [0.25, 0.3) is 0 Å². The maximum Gasteiger partial charge on any atom is 0.179 e. The lowest BCUT2D eigenvalue weighted by Gasteiger charge is -2.06. The van der Waals surface area contributed by atoms with Gasteiger partial charge >= 0.3 is 0 Å². The van der Waals surface area contributed by atoms with Gasteiger partial charge in [0.15, 0.2) is 10.9 Å². The Morgan fingerprint density at radius 2 is 2.27 bits per heavy atom. The molecule has 1 aromatic heterocycles. The number of aryl methyl sites for hydroxylation is 1. The molecule has 11 heavy (non-hydrogen) atoms. The van der Waals surface area contributed by atoms with Crippen molar-refractivity contribution in [1.82, 2.24) is 4.98 Å². The Balaban J connectivity index is 3.29. The molecular weight excluding hydrogens is 164 g/mol. The first-order chi connectivity index (χ1) is 5.16. The quantitative estimate of drug-likeness (QED) is 0.656. The second-order valence-electron chi connectivity index (χ2n) is 2.18. The van der Waals surface area contributed by atoms with Gasteiger partial charge in [0, 0.05) is 6.20 Å². The maximum absolute atomic E-state index is 5.69. The van der Waals surface area contributed by atoms with Crippen LogP contribution in [0.2, 0.25) is 5.15 Å². The molecule has 0 bridgehead atoms. The van der Waals surface area contributed by atoms with Gasteiger partial charge in [0.1, 0.15) is 0 Å². The largest absolute Gasteiger partial charge is 0.491 e. The molecule has 0 aromatic carbocycles. The number of hydrogen-bond acceptors (Lipinski definition) is 3. The van der Waals surface area contributed by atoms with E-state index >= 15 is 0 Å². The van der Waals surface area contributed by atoms with E-state index in [2.05, 4.69) is 4.98 Å². The number of halogens is 1. The first-order valence-corrected chi connectivity index (χ1v) is 3.49. The fourth-order valence-corrected chi connectivity index (χ4v) is 0.994. The molecule has 0 fully saturated rings. The van der Waals surface area contributed by atoms with Crippen LogP contribution >= 0.6 is 11.6 Å². The summed E-state index contributed by atoms with van der Waals surface area (Å²) in [6.45, 7) is 1.85. The van der Waals surface area contributed by atoms with E-state index in [9.17, 15) is 0 Å². The third-order valence-electron chi connectivity index (χ3n) is 1.43. The zero-order valence-electron chi connectivity index (χ0n) is 6.39. The average Bonchev–Trinajstić information content (AvgIpc) is 1.99. The van der Waals surface area contributed by atoms with E-state index in [1.807, 2.05) is 6.92 Å². The lowest BCUT2D eigenvalue weighted by Crippen LogP contribution is -1.97. The van der Waals surface area contributed by atoms with Gasteiger partial charge in [-0.2, -0.15) is 0 Å². The highest BCUT2D eigenvalue weighted by molar-refractivity contribution is 6.31. The van der Waals surface area contributed by atoms with Gasteiger partial charge in [0.25, 0.3) is 0 Å². The first-order valence-electron chi connectivity index (χ1n) is 3.11. The van der Waals surface area contributed by atoms with E-state index in [0.29, 0.717) is 16.6 Å². The van der Waals surface area contributed by atoms with E-state index in [1.165, 1.54) is 7.11 Å². The number of nitrogens with zero attached hydrogens (tertiary/aromatic N) is 1. The van der Waals surface area contributed by atoms with Crippen molar-refractivity contribution in [2.45, 2.75) is 6.92 Å². The molecule has 0 spiro atoms. The zero-order valence-corrected chi connectivity index (χ0v) is 7.14. The number of nitrogen functional groups attached to an aromatic ring is 1. The highest BCUT2D eigenvalue weighted by Gasteiger charge is 2.07. The number of aromatic nitrogens is 1. The van der Waals surface area contributed by atoms with E-state index < -0.39 is 0 Å². The molecule has 0 unspecified atom stereocenters. The van der Waals surface area contributed by atoms with Gasteiger partial charge in [-0.15, -0.1) is 0 Å². The smallest absolute Gasteiger partial charge is 0.179 e. The third kappa shape index (κ3) is 1.38. The lowest BCUT2D eigenvalue weighted by atomic mass is 10.2. The Morgan fingerprint density at radius 1 is 1.64 bits per heavy atom. The van der Waals surface area contributed by atoms with Crippen LogP contribution in [0.3, 0.4) is 0 Å². The van der Waals surface area contributed by atoms with Gasteiger partial charge in [0.2, 0.25) is 0 Å². The van der Waals surface area contributed by atoms with Crippen LogP contribution in [0.5, 0.6) is 5.75 Å². The molecule has 3 nitrogen and oxygen atoms in total. The standard InChI is InChI=1S/C7H9ClN2O/c1-4-3-10-7(8)6(11-2)5(4)9/h3H,1-2H3,(H2,9,10). The van der Waals surface area contributed by atoms with Gasteiger partial charge in [-0.3, -0.25) is 0 Å². The molecule has 0 amide bonds. The summed E-state index contributed by atoms with van der Waals surface area (Å²) in [6, 6.07) is 0. The molecule has 0 radical (unpaired) electrons. The van der Waals surface area contributed by atoms with Gasteiger partial charge in [-0.05, 0) is 12.5 Å². The number of hydrogen-bond donors (Lipinski definition) is 1. The number of pyridine rings is 1. The summed E-state index contributed by atoms with van der Waals surface area (Å²) in [5.74, 6) is 0.451. The highest BCUT2D eigenvalue weighted by atomic mass is 35.5. The Bertz CT molecular complexity index is 275. The molecule has 0 atom stereocenters. The molecule has 60 valence electrons. The van der Waals surface area contributed by atoms with Crippen molar-refractivity contribution in [3.63, 3.8) is 0 Å². The minimum Gasteiger partial charge on any atom is -0.491 e. The SMILES string of the molecule is COc1c(Cl)ncc(C)c1N. The van der Waals surface area contributed by atoms with Crippen LogP contribution in [-0.2, 0) is 0 Å². The van der Waals surface area contributed by atoms with Crippen molar-refractivity contribution in [1.29, 1.82) is 0 Å². The van der Waals surface area contributed by atoms with E-state index in [4.69, 9.17) is 22.1 Å². The number of nitrogens with two attached hydrogens (primary N) is 1. The van der Waals surface area contributed by atoms with Crippen molar-refractivity contribution in [2.24, 2.45) is 0 Å². The van der Waals surface area contributed by atoms with E-state index in [1.54, 1.807) is 6.20 Å². The number of methoxy groups -OCH3 is 1. The molecule has 0 aliphatic carbocycles. The fraction of sp³-hybridized carbons (Fsp3) is 0.286. The van der Waals surface area contributed by atoms with Crippen LogP contribution in [0.15, 0.2) is 6.20 Å². The minimum atomic E-state index is 0.301. The van der Waals surface area contributed by atoms with Gasteiger partial charge in [-0.25, -0.2) is 4.98 Å².